The van der Waals surface area contributed by atoms with Gasteiger partial charge in [-0.3, -0.25) is 0 Å². The Morgan fingerprint density at radius 3 is 2.58 bits per heavy atom. The van der Waals surface area contributed by atoms with Gasteiger partial charge in [0.05, 0.1) is 6.04 Å². The molecule has 19 heavy (non-hydrogen) atoms. The molecule has 1 atom stereocenters. The summed E-state index contributed by atoms with van der Waals surface area (Å²) in [5, 5.41) is 3.57. The average Bonchev–Trinajstić information content (AvgIpc) is 2.89. The van der Waals surface area contributed by atoms with Gasteiger partial charge in [0.2, 0.25) is 0 Å². The lowest BCUT2D eigenvalue weighted by molar-refractivity contribution is 0.310. The molecule has 0 aliphatic carbocycles. The van der Waals surface area contributed by atoms with Crippen molar-refractivity contribution in [3.63, 3.8) is 0 Å². The fourth-order valence-corrected chi connectivity index (χ4v) is 2.47. The van der Waals surface area contributed by atoms with Gasteiger partial charge < -0.3 is 10.1 Å². The Kier molecular flexibility index (Phi) is 3.51. The number of aryl methyl sites for hydroxylation is 1. The van der Waals surface area contributed by atoms with Gasteiger partial charge in [0.25, 0.3) is 0 Å². The summed E-state index contributed by atoms with van der Waals surface area (Å²) in [5.41, 5.74) is 3.98. The zero-order valence-electron chi connectivity index (χ0n) is 11.2. The Labute approximate surface area is 114 Å². The van der Waals surface area contributed by atoms with Gasteiger partial charge in [0, 0.05) is 12.1 Å². The lowest BCUT2D eigenvalue weighted by Gasteiger charge is -2.11. The van der Waals surface area contributed by atoms with Crippen LogP contribution < -0.4 is 10.1 Å². The molecule has 1 aliphatic rings. The number of fused-ring (bicyclic) bond motifs is 1. The molecule has 1 aliphatic heterocycles. The lowest BCUT2D eigenvalue weighted by Crippen LogP contribution is -2.21. The standard InChI is InChI=1S/C17H19NO/c1-2-13-7-9-14(10-8-13)11-18-16-12-19-17-6-4-3-5-15(16)17/h3-10,16,18H,2,11-12H2,1H3. The first kappa shape index (κ1) is 12.2. The van der Waals surface area contributed by atoms with E-state index in [4.69, 9.17) is 4.74 Å². The summed E-state index contributed by atoms with van der Waals surface area (Å²) in [7, 11) is 0. The van der Waals surface area contributed by atoms with Crippen molar-refractivity contribution in [2.45, 2.75) is 25.9 Å². The number of benzene rings is 2. The van der Waals surface area contributed by atoms with Gasteiger partial charge in [0.1, 0.15) is 12.4 Å². The first-order valence-corrected chi connectivity index (χ1v) is 6.89. The molecule has 1 unspecified atom stereocenters. The second kappa shape index (κ2) is 5.45. The van der Waals surface area contributed by atoms with E-state index in [1.54, 1.807) is 0 Å². The second-order valence-corrected chi connectivity index (χ2v) is 4.95. The van der Waals surface area contributed by atoms with Crippen LogP contribution in [0.25, 0.3) is 0 Å². The summed E-state index contributed by atoms with van der Waals surface area (Å²) in [6.07, 6.45) is 1.09. The number of nitrogens with one attached hydrogen (secondary N) is 1. The van der Waals surface area contributed by atoms with Crippen LogP contribution in [0.5, 0.6) is 5.75 Å². The topological polar surface area (TPSA) is 21.3 Å². The molecule has 2 nitrogen and oxygen atoms in total. The lowest BCUT2D eigenvalue weighted by atomic mass is 10.1. The quantitative estimate of drug-likeness (QED) is 0.900. The zero-order chi connectivity index (χ0) is 13.1. The minimum atomic E-state index is 0.307. The van der Waals surface area contributed by atoms with Gasteiger partial charge >= 0.3 is 0 Å². The highest BCUT2D eigenvalue weighted by Crippen LogP contribution is 2.31. The monoisotopic (exact) mass is 253 g/mol. The predicted octanol–water partition coefficient (Wildman–Crippen LogP) is 3.47. The van der Waals surface area contributed by atoms with Crippen molar-refractivity contribution in [1.29, 1.82) is 0 Å². The Morgan fingerprint density at radius 1 is 1.05 bits per heavy atom. The summed E-state index contributed by atoms with van der Waals surface area (Å²) in [4.78, 5) is 0. The van der Waals surface area contributed by atoms with E-state index in [9.17, 15) is 0 Å². The molecule has 0 amide bonds. The van der Waals surface area contributed by atoms with Crippen LogP contribution in [-0.4, -0.2) is 6.61 Å². The molecule has 2 aromatic rings. The van der Waals surface area contributed by atoms with Crippen LogP contribution in [0.15, 0.2) is 48.5 Å². The Hall–Kier alpha value is -1.80. The van der Waals surface area contributed by atoms with E-state index in [1.165, 1.54) is 16.7 Å². The van der Waals surface area contributed by atoms with E-state index in [1.807, 2.05) is 12.1 Å². The van der Waals surface area contributed by atoms with Crippen LogP contribution in [0.2, 0.25) is 0 Å². The average molecular weight is 253 g/mol. The minimum absolute atomic E-state index is 0.307. The van der Waals surface area contributed by atoms with Gasteiger partial charge in [-0.25, -0.2) is 0 Å². The molecule has 3 rings (SSSR count). The molecule has 0 saturated carbocycles. The highest BCUT2D eigenvalue weighted by molar-refractivity contribution is 5.39. The maximum Gasteiger partial charge on any atom is 0.124 e. The normalized spacial score (nSPS) is 17.0. The fourth-order valence-electron chi connectivity index (χ4n) is 2.47. The van der Waals surface area contributed by atoms with Gasteiger partial charge in [-0.15, -0.1) is 0 Å². The molecule has 2 aromatic carbocycles. The molecule has 0 spiro atoms. The molecular formula is C17H19NO. The molecule has 2 heteroatoms. The van der Waals surface area contributed by atoms with Crippen molar-refractivity contribution in [2.24, 2.45) is 0 Å². The molecule has 0 saturated heterocycles. The van der Waals surface area contributed by atoms with Crippen molar-refractivity contribution in [3.8, 4) is 5.75 Å². The molecule has 0 radical (unpaired) electrons. The second-order valence-electron chi connectivity index (χ2n) is 4.95. The van der Waals surface area contributed by atoms with Crippen LogP contribution in [0.3, 0.4) is 0 Å². The maximum atomic E-state index is 5.67. The van der Waals surface area contributed by atoms with Crippen molar-refractivity contribution >= 4 is 0 Å². The summed E-state index contributed by atoms with van der Waals surface area (Å²) < 4.78 is 5.67. The molecule has 1 heterocycles. The van der Waals surface area contributed by atoms with E-state index in [-0.39, 0.29) is 0 Å². The highest BCUT2D eigenvalue weighted by atomic mass is 16.5. The van der Waals surface area contributed by atoms with Crippen LogP contribution in [-0.2, 0) is 13.0 Å². The van der Waals surface area contributed by atoms with E-state index in [2.05, 4.69) is 48.6 Å². The van der Waals surface area contributed by atoms with Gasteiger partial charge in [-0.1, -0.05) is 49.4 Å². The van der Waals surface area contributed by atoms with E-state index >= 15 is 0 Å². The van der Waals surface area contributed by atoms with Crippen LogP contribution >= 0.6 is 0 Å². The van der Waals surface area contributed by atoms with Crippen molar-refractivity contribution in [1.82, 2.24) is 5.32 Å². The van der Waals surface area contributed by atoms with E-state index < -0.39 is 0 Å². The Morgan fingerprint density at radius 2 is 1.79 bits per heavy atom. The summed E-state index contributed by atoms with van der Waals surface area (Å²) in [6.45, 7) is 3.79. The fraction of sp³-hybridized carbons (Fsp3) is 0.294. The number of ether oxygens (including phenoxy) is 1. The number of para-hydroxylation sites is 1. The molecular weight excluding hydrogens is 234 g/mol. The zero-order valence-corrected chi connectivity index (χ0v) is 11.2. The Bertz CT molecular complexity index is 547. The van der Waals surface area contributed by atoms with Crippen molar-refractivity contribution in [2.75, 3.05) is 6.61 Å². The summed E-state index contributed by atoms with van der Waals surface area (Å²) in [6, 6.07) is 17.4. The minimum Gasteiger partial charge on any atom is -0.491 e. The molecule has 0 bridgehead atoms. The van der Waals surface area contributed by atoms with E-state index in [0.717, 1.165) is 25.3 Å². The Balaban J connectivity index is 1.64. The van der Waals surface area contributed by atoms with Gasteiger partial charge in [-0.2, -0.15) is 0 Å². The molecule has 0 aromatic heterocycles. The smallest absolute Gasteiger partial charge is 0.124 e. The number of hydrogen-bond donors (Lipinski definition) is 1. The third-order valence-electron chi connectivity index (χ3n) is 3.68. The number of rotatable bonds is 4. The first-order valence-electron chi connectivity index (χ1n) is 6.89. The predicted molar refractivity (Wildman–Crippen MR) is 77.3 cm³/mol. The number of hydrogen-bond acceptors (Lipinski definition) is 2. The largest absolute Gasteiger partial charge is 0.491 e. The van der Waals surface area contributed by atoms with E-state index in [0.29, 0.717) is 6.04 Å². The van der Waals surface area contributed by atoms with Crippen LogP contribution in [0.1, 0.15) is 29.7 Å². The maximum absolute atomic E-state index is 5.67. The SMILES string of the molecule is CCc1ccc(CNC2COc3ccccc32)cc1. The molecule has 98 valence electrons. The molecule has 0 fully saturated rings. The van der Waals surface area contributed by atoms with Crippen molar-refractivity contribution < 1.29 is 4.74 Å². The summed E-state index contributed by atoms with van der Waals surface area (Å²) in [5.74, 6) is 1.02. The first-order chi connectivity index (χ1) is 9.36. The third-order valence-corrected chi connectivity index (χ3v) is 3.68. The van der Waals surface area contributed by atoms with Crippen molar-refractivity contribution in [3.05, 3.63) is 65.2 Å². The van der Waals surface area contributed by atoms with Crippen LogP contribution in [0.4, 0.5) is 0 Å². The molecule has 1 N–H and O–H groups in total. The van der Waals surface area contributed by atoms with Crippen LogP contribution in [0, 0.1) is 0 Å². The highest BCUT2D eigenvalue weighted by Gasteiger charge is 2.22. The van der Waals surface area contributed by atoms with Gasteiger partial charge in [0.15, 0.2) is 0 Å². The summed E-state index contributed by atoms with van der Waals surface area (Å²) >= 11 is 0. The van der Waals surface area contributed by atoms with Gasteiger partial charge in [-0.05, 0) is 23.6 Å². The third kappa shape index (κ3) is 2.64.